The molecule has 0 fully saturated rings. The first-order valence-corrected chi connectivity index (χ1v) is 11.6. The van der Waals surface area contributed by atoms with Crippen LogP contribution in [0.3, 0.4) is 0 Å². The average molecular weight is 494 g/mol. The fraction of sp³-hybridized carbons (Fsp3) is 0.0833. The summed E-state index contributed by atoms with van der Waals surface area (Å²) in [7, 11) is 0. The van der Waals surface area contributed by atoms with Crippen molar-refractivity contribution >= 4 is 63.0 Å². The van der Waals surface area contributed by atoms with Gasteiger partial charge in [-0.25, -0.2) is 0 Å². The number of hydrazone groups is 1. The van der Waals surface area contributed by atoms with Gasteiger partial charge < -0.3 is 4.57 Å². The third kappa shape index (κ3) is 3.82. The lowest BCUT2D eigenvalue weighted by atomic mass is 10.1. The SMILES string of the molecule is Cc1cc(/C=C2\C(=N)N3N=C(c4ccccc4)SC3=NC2=O)c(C)n1-c1cc(Cl)ccc1Cl. The van der Waals surface area contributed by atoms with Gasteiger partial charge in [-0.15, -0.1) is 0 Å². The highest BCUT2D eigenvalue weighted by atomic mass is 35.5. The maximum atomic E-state index is 12.8. The molecule has 3 heterocycles. The number of fused-ring (bicyclic) bond motifs is 1. The van der Waals surface area contributed by atoms with Crippen molar-refractivity contribution in [2.75, 3.05) is 0 Å². The Morgan fingerprint density at radius 3 is 2.58 bits per heavy atom. The third-order valence-electron chi connectivity index (χ3n) is 5.39. The highest BCUT2D eigenvalue weighted by Crippen LogP contribution is 2.33. The van der Waals surface area contributed by atoms with Crippen molar-refractivity contribution in [2.45, 2.75) is 13.8 Å². The van der Waals surface area contributed by atoms with E-state index in [1.54, 1.807) is 24.3 Å². The van der Waals surface area contributed by atoms with Crippen molar-refractivity contribution < 1.29 is 4.79 Å². The number of nitrogens with one attached hydrogen (secondary N) is 1. The fourth-order valence-electron chi connectivity index (χ4n) is 3.81. The number of aromatic nitrogens is 1. The summed E-state index contributed by atoms with van der Waals surface area (Å²) in [6.07, 6.45) is 1.68. The molecule has 0 aliphatic carbocycles. The maximum absolute atomic E-state index is 12.8. The third-order valence-corrected chi connectivity index (χ3v) is 6.91. The summed E-state index contributed by atoms with van der Waals surface area (Å²) in [4.78, 5) is 17.0. The molecule has 0 bridgehead atoms. The molecule has 0 radical (unpaired) electrons. The van der Waals surface area contributed by atoms with E-state index in [1.165, 1.54) is 16.8 Å². The van der Waals surface area contributed by atoms with E-state index >= 15 is 0 Å². The second-order valence-electron chi connectivity index (χ2n) is 7.55. The van der Waals surface area contributed by atoms with Gasteiger partial charge in [0.15, 0.2) is 5.84 Å². The number of benzene rings is 2. The molecule has 2 aliphatic heterocycles. The number of hydrogen-bond donors (Lipinski definition) is 1. The van der Waals surface area contributed by atoms with Crippen molar-refractivity contribution in [3.63, 3.8) is 0 Å². The van der Waals surface area contributed by atoms with Gasteiger partial charge in [0.2, 0.25) is 5.17 Å². The molecule has 5 rings (SSSR count). The van der Waals surface area contributed by atoms with Gasteiger partial charge in [0.05, 0.1) is 16.3 Å². The summed E-state index contributed by atoms with van der Waals surface area (Å²) < 4.78 is 1.98. The number of amides is 1. The van der Waals surface area contributed by atoms with Crippen molar-refractivity contribution in [3.05, 3.63) is 92.7 Å². The molecule has 0 spiro atoms. The van der Waals surface area contributed by atoms with Gasteiger partial charge in [-0.3, -0.25) is 10.2 Å². The summed E-state index contributed by atoms with van der Waals surface area (Å²) >= 11 is 13.9. The van der Waals surface area contributed by atoms with Gasteiger partial charge in [-0.05, 0) is 61.5 Å². The first kappa shape index (κ1) is 21.7. The quantitative estimate of drug-likeness (QED) is 0.450. The maximum Gasteiger partial charge on any atom is 0.283 e. The van der Waals surface area contributed by atoms with Crippen LogP contribution in [0.1, 0.15) is 22.5 Å². The van der Waals surface area contributed by atoms with Crippen LogP contribution < -0.4 is 0 Å². The van der Waals surface area contributed by atoms with E-state index in [0.717, 1.165) is 28.2 Å². The second-order valence-corrected chi connectivity index (χ2v) is 9.35. The molecule has 0 saturated heterocycles. The molecular weight excluding hydrogens is 477 g/mol. The van der Waals surface area contributed by atoms with Crippen LogP contribution in [-0.2, 0) is 4.79 Å². The number of hydrogen-bond acceptors (Lipinski definition) is 4. The van der Waals surface area contributed by atoms with Crippen LogP contribution >= 0.6 is 35.0 Å². The molecule has 0 atom stereocenters. The van der Waals surface area contributed by atoms with Gasteiger partial charge in [0.25, 0.3) is 5.91 Å². The Bertz CT molecular complexity index is 1420. The van der Waals surface area contributed by atoms with Crippen LogP contribution in [0, 0.1) is 19.3 Å². The number of aryl methyl sites for hydroxylation is 1. The number of amidine groups is 2. The predicted molar refractivity (Wildman–Crippen MR) is 136 cm³/mol. The van der Waals surface area contributed by atoms with Crippen LogP contribution in [0.2, 0.25) is 10.0 Å². The number of halogens is 2. The molecule has 164 valence electrons. The number of thioether (sulfide) groups is 1. The van der Waals surface area contributed by atoms with E-state index in [2.05, 4.69) is 10.1 Å². The van der Waals surface area contributed by atoms with Crippen LogP contribution in [0.25, 0.3) is 11.8 Å². The number of nitrogens with zero attached hydrogens (tertiary/aromatic N) is 4. The van der Waals surface area contributed by atoms with E-state index in [1.807, 2.05) is 54.8 Å². The zero-order chi connectivity index (χ0) is 23.3. The number of carbonyl (C=O) groups excluding carboxylic acids is 1. The van der Waals surface area contributed by atoms with Gasteiger partial charge in [0, 0.05) is 22.0 Å². The smallest absolute Gasteiger partial charge is 0.283 e. The Balaban J connectivity index is 1.54. The Labute approximate surface area is 204 Å². The summed E-state index contributed by atoms with van der Waals surface area (Å²) in [6.45, 7) is 3.88. The van der Waals surface area contributed by atoms with Gasteiger partial charge in [-0.2, -0.15) is 15.1 Å². The largest absolute Gasteiger partial charge is 0.316 e. The van der Waals surface area contributed by atoms with Crippen LogP contribution in [0.5, 0.6) is 0 Å². The molecule has 1 aromatic heterocycles. The van der Waals surface area contributed by atoms with Gasteiger partial charge in [0.1, 0.15) is 5.04 Å². The van der Waals surface area contributed by atoms with Gasteiger partial charge >= 0.3 is 0 Å². The van der Waals surface area contributed by atoms with E-state index in [9.17, 15) is 4.79 Å². The topological polar surface area (TPSA) is 73.8 Å². The predicted octanol–water partition coefficient (Wildman–Crippen LogP) is 6.07. The summed E-state index contributed by atoms with van der Waals surface area (Å²) in [5.41, 5.74) is 4.41. The van der Waals surface area contributed by atoms with E-state index in [0.29, 0.717) is 20.3 Å². The molecule has 0 unspecified atom stereocenters. The minimum Gasteiger partial charge on any atom is -0.316 e. The lowest BCUT2D eigenvalue weighted by Gasteiger charge is -2.20. The Morgan fingerprint density at radius 2 is 1.82 bits per heavy atom. The van der Waals surface area contributed by atoms with Crippen LogP contribution in [0.4, 0.5) is 0 Å². The molecule has 33 heavy (non-hydrogen) atoms. The van der Waals surface area contributed by atoms with E-state index in [-0.39, 0.29) is 11.4 Å². The van der Waals surface area contributed by atoms with Crippen LogP contribution in [0.15, 0.2) is 70.3 Å². The van der Waals surface area contributed by atoms with Crippen molar-refractivity contribution in [2.24, 2.45) is 10.1 Å². The summed E-state index contributed by atoms with van der Waals surface area (Å²) in [5, 5.41) is 16.8. The Morgan fingerprint density at radius 1 is 1.06 bits per heavy atom. The van der Waals surface area contributed by atoms with Gasteiger partial charge in [-0.1, -0.05) is 53.5 Å². The number of rotatable bonds is 3. The summed E-state index contributed by atoms with van der Waals surface area (Å²) in [6, 6.07) is 16.9. The lowest BCUT2D eigenvalue weighted by molar-refractivity contribution is -0.114. The highest BCUT2D eigenvalue weighted by molar-refractivity contribution is 8.27. The standard InChI is InChI=1S/C24H17Cl2N5OS/c1-13-10-16(14(2)30(13)20-12-17(25)8-9-19(20)26)11-18-21(27)31-24(28-22(18)32)33-23(29-31)15-6-4-3-5-7-15/h3-12,27H,1-2H3/b18-11+,27-21?. The first-order chi connectivity index (χ1) is 15.8. The first-order valence-electron chi connectivity index (χ1n) is 10.0. The van der Waals surface area contributed by atoms with Crippen molar-refractivity contribution in [1.29, 1.82) is 5.41 Å². The minimum atomic E-state index is -0.464. The molecule has 3 aromatic rings. The van der Waals surface area contributed by atoms with E-state index in [4.69, 9.17) is 28.6 Å². The van der Waals surface area contributed by atoms with Crippen molar-refractivity contribution in [1.82, 2.24) is 9.58 Å². The minimum absolute atomic E-state index is 0.00554. The zero-order valence-electron chi connectivity index (χ0n) is 17.6. The van der Waals surface area contributed by atoms with Crippen molar-refractivity contribution in [3.8, 4) is 5.69 Å². The molecule has 9 heteroatoms. The average Bonchev–Trinajstić information content (AvgIpc) is 3.34. The number of aliphatic imine (C=N–C) groups is 1. The molecular formula is C24H17Cl2N5OS. The summed E-state index contributed by atoms with van der Waals surface area (Å²) in [5.74, 6) is -0.470. The lowest BCUT2D eigenvalue weighted by Crippen LogP contribution is -2.35. The Kier molecular flexibility index (Phi) is 5.48. The highest BCUT2D eigenvalue weighted by Gasteiger charge is 2.36. The zero-order valence-corrected chi connectivity index (χ0v) is 20.0. The molecule has 0 saturated carbocycles. The van der Waals surface area contributed by atoms with Crippen LogP contribution in [-0.4, -0.2) is 31.5 Å². The normalized spacial score (nSPS) is 16.8. The second kappa shape index (κ2) is 8.33. The molecule has 1 N–H and O–H groups in total. The Hall–Kier alpha value is -3.13. The molecule has 2 aromatic carbocycles. The molecule has 1 amide bonds. The molecule has 2 aliphatic rings. The van der Waals surface area contributed by atoms with E-state index < -0.39 is 5.91 Å². The number of carbonyl (C=O) groups is 1. The monoisotopic (exact) mass is 493 g/mol. The molecule has 6 nitrogen and oxygen atoms in total. The fourth-order valence-corrected chi connectivity index (χ4v) is 5.07.